The predicted octanol–water partition coefficient (Wildman–Crippen LogP) is 3.89. The number of carboxylic acids is 1. The number of nitrogens with zero attached hydrogens (tertiary/aromatic N) is 1. The number of rotatable bonds is 3. The molecule has 0 radical (unpaired) electrons. The molecular weight excluding hydrogens is 289 g/mol. The van der Waals surface area contributed by atoms with Gasteiger partial charge in [-0.1, -0.05) is 50.9 Å². The van der Waals surface area contributed by atoms with Crippen LogP contribution in [0.4, 0.5) is 4.39 Å². The van der Waals surface area contributed by atoms with Crippen LogP contribution in [0, 0.1) is 11.2 Å². The maximum Gasteiger partial charge on any atom is 0.333 e. The first kappa shape index (κ1) is 16.0. The Morgan fingerprint density at radius 2 is 2.05 bits per heavy atom. The minimum atomic E-state index is -0.949. The average molecular weight is 309 g/mol. The number of halogens is 1. The van der Waals surface area contributed by atoms with Gasteiger partial charge in [0.25, 0.3) is 0 Å². The quantitative estimate of drug-likeness (QED) is 0.860. The molecule has 0 amide bonds. The molecule has 1 aromatic rings. The van der Waals surface area contributed by atoms with E-state index in [-0.39, 0.29) is 17.3 Å². The number of hydrogen-bond acceptors (Lipinski definition) is 3. The molecule has 0 aliphatic carbocycles. The van der Waals surface area contributed by atoms with Crippen molar-refractivity contribution in [2.75, 3.05) is 6.26 Å². The summed E-state index contributed by atoms with van der Waals surface area (Å²) in [6, 6.07) is 5.72. The molecule has 0 aromatic heterocycles. The summed E-state index contributed by atoms with van der Waals surface area (Å²) in [6.45, 7) is 6.22. The normalized spacial score (nSPS) is 23.2. The molecule has 1 N–H and O–H groups in total. The fourth-order valence-electron chi connectivity index (χ4n) is 2.67. The first-order valence-electron chi connectivity index (χ1n) is 6.78. The van der Waals surface area contributed by atoms with Gasteiger partial charge in [0.05, 0.1) is 11.6 Å². The van der Waals surface area contributed by atoms with Crippen LogP contribution in [0.1, 0.15) is 32.4 Å². The molecule has 1 aromatic carbocycles. The van der Waals surface area contributed by atoms with E-state index < -0.39 is 12.0 Å². The number of carboxylic acid groups (broad SMARTS) is 1. The van der Waals surface area contributed by atoms with E-state index >= 15 is 0 Å². The summed E-state index contributed by atoms with van der Waals surface area (Å²) >= 11 is 1.49. The first-order valence-corrected chi connectivity index (χ1v) is 7.96. The molecule has 2 rings (SSSR count). The second-order valence-electron chi connectivity index (χ2n) is 6.24. The molecule has 1 aliphatic rings. The molecule has 1 heterocycles. The minimum absolute atomic E-state index is 0.0214. The smallest absolute Gasteiger partial charge is 0.333 e. The monoisotopic (exact) mass is 309 g/mol. The standard InChI is InChI=1S/C16H20FNO2S/c1-16(2,3)13-9-12(15(19)20)14(18(13)21-4)10-6-5-7-11(17)8-10/h5-9,13-14H,1-4H3,(H,19,20). The van der Waals surface area contributed by atoms with E-state index in [0.717, 1.165) is 0 Å². The lowest BCUT2D eigenvalue weighted by molar-refractivity contribution is -0.133. The number of hydrogen-bond donors (Lipinski definition) is 1. The zero-order valence-electron chi connectivity index (χ0n) is 12.6. The van der Waals surface area contributed by atoms with Crippen LogP contribution in [0.2, 0.25) is 0 Å². The lowest BCUT2D eigenvalue weighted by Crippen LogP contribution is -2.36. The highest BCUT2D eigenvalue weighted by molar-refractivity contribution is 7.96. The molecule has 3 nitrogen and oxygen atoms in total. The van der Waals surface area contributed by atoms with Gasteiger partial charge in [-0.2, -0.15) is 0 Å². The zero-order valence-corrected chi connectivity index (χ0v) is 13.4. The second-order valence-corrected chi connectivity index (χ2v) is 7.02. The summed E-state index contributed by atoms with van der Waals surface area (Å²) in [5.41, 5.74) is 0.880. The molecular formula is C16H20FNO2S. The van der Waals surface area contributed by atoms with Crippen molar-refractivity contribution >= 4 is 17.9 Å². The summed E-state index contributed by atoms with van der Waals surface area (Å²) in [5, 5.41) is 9.51. The molecule has 0 fully saturated rings. The summed E-state index contributed by atoms with van der Waals surface area (Å²) < 4.78 is 15.6. The third-order valence-electron chi connectivity index (χ3n) is 3.67. The van der Waals surface area contributed by atoms with Crippen LogP contribution in [0.5, 0.6) is 0 Å². The minimum Gasteiger partial charge on any atom is -0.478 e. The van der Waals surface area contributed by atoms with Crippen LogP contribution in [-0.4, -0.2) is 27.7 Å². The largest absolute Gasteiger partial charge is 0.478 e. The van der Waals surface area contributed by atoms with Gasteiger partial charge in [-0.05, 0) is 29.4 Å². The molecule has 0 saturated carbocycles. The van der Waals surface area contributed by atoms with Crippen molar-refractivity contribution in [2.45, 2.75) is 32.9 Å². The van der Waals surface area contributed by atoms with Crippen molar-refractivity contribution < 1.29 is 14.3 Å². The van der Waals surface area contributed by atoms with Gasteiger partial charge in [0.15, 0.2) is 0 Å². The number of aliphatic carboxylic acids is 1. The predicted molar refractivity (Wildman–Crippen MR) is 83.5 cm³/mol. The lowest BCUT2D eigenvalue weighted by Gasteiger charge is -2.36. The van der Waals surface area contributed by atoms with E-state index in [1.165, 1.54) is 24.1 Å². The molecule has 0 spiro atoms. The third-order valence-corrected chi connectivity index (χ3v) is 4.53. The second kappa shape index (κ2) is 5.81. The molecule has 2 atom stereocenters. The summed E-state index contributed by atoms with van der Waals surface area (Å²) in [5.74, 6) is -1.30. The fourth-order valence-corrected chi connectivity index (χ4v) is 3.72. The Morgan fingerprint density at radius 3 is 2.52 bits per heavy atom. The van der Waals surface area contributed by atoms with E-state index in [2.05, 4.69) is 20.8 Å². The molecule has 5 heteroatoms. The molecule has 0 bridgehead atoms. The van der Waals surface area contributed by atoms with Crippen LogP contribution >= 0.6 is 11.9 Å². The Hall–Kier alpha value is -1.33. The van der Waals surface area contributed by atoms with Crippen molar-refractivity contribution in [3.63, 3.8) is 0 Å². The van der Waals surface area contributed by atoms with Gasteiger partial charge in [0, 0.05) is 6.04 Å². The molecule has 1 aliphatic heterocycles. The van der Waals surface area contributed by atoms with Crippen molar-refractivity contribution in [3.8, 4) is 0 Å². The first-order chi connectivity index (χ1) is 9.75. The van der Waals surface area contributed by atoms with E-state index in [0.29, 0.717) is 11.1 Å². The van der Waals surface area contributed by atoms with Crippen LogP contribution in [0.15, 0.2) is 35.9 Å². The zero-order chi connectivity index (χ0) is 15.8. The van der Waals surface area contributed by atoms with Crippen LogP contribution < -0.4 is 0 Å². The maximum absolute atomic E-state index is 13.5. The topological polar surface area (TPSA) is 40.5 Å². The van der Waals surface area contributed by atoms with E-state index in [1.54, 1.807) is 18.2 Å². The van der Waals surface area contributed by atoms with Gasteiger partial charge in [-0.25, -0.2) is 13.5 Å². The Labute approximate surface area is 129 Å². The Morgan fingerprint density at radius 1 is 1.38 bits per heavy atom. The molecule has 114 valence electrons. The summed E-state index contributed by atoms with van der Waals surface area (Å²) in [6.07, 6.45) is 3.72. The van der Waals surface area contributed by atoms with Gasteiger partial charge >= 0.3 is 5.97 Å². The SMILES string of the molecule is CSN1C(c2cccc(F)c2)C(C(=O)O)=CC1C(C)(C)C. The maximum atomic E-state index is 13.5. The highest BCUT2D eigenvalue weighted by atomic mass is 32.2. The van der Waals surface area contributed by atoms with Gasteiger partial charge in [0.2, 0.25) is 0 Å². The molecule has 2 unspecified atom stereocenters. The average Bonchev–Trinajstić information content (AvgIpc) is 2.78. The Kier molecular flexibility index (Phi) is 4.44. The highest BCUT2D eigenvalue weighted by Crippen LogP contribution is 2.45. The fraction of sp³-hybridized carbons (Fsp3) is 0.438. The van der Waals surface area contributed by atoms with Crippen LogP contribution in [0.3, 0.4) is 0 Å². The van der Waals surface area contributed by atoms with Crippen molar-refractivity contribution in [1.82, 2.24) is 4.31 Å². The third kappa shape index (κ3) is 3.14. The Bertz CT molecular complexity index is 580. The summed E-state index contributed by atoms with van der Waals surface area (Å²) in [7, 11) is 0. The highest BCUT2D eigenvalue weighted by Gasteiger charge is 2.43. The lowest BCUT2D eigenvalue weighted by atomic mass is 9.87. The molecule has 21 heavy (non-hydrogen) atoms. The van der Waals surface area contributed by atoms with E-state index in [1.807, 2.05) is 10.6 Å². The van der Waals surface area contributed by atoms with Gasteiger partial charge in [-0.3, -0.25) is 0 Å². The number of carbonyl (C=O) groups is 1. The van der Waals surface area contributed by atoms with Crippen molar-refractivity contribution in [1.29, 1.82) is 0 Å². The van der Waals surface area contributed by atoms with E-state index in [4.69, 9.17) is 0 Å². The van der Waals surface area contributed by atoms with Gasteiger partial charge in [-0.15, -0.1) is 0 Å². The summed E-state index contributed by atoms with van der Waals surface area (Å²) in [4.78, 5) is 11.6. The van der Waals surface area contributed by atoms with Gasteiger partial charge < -0.3 is 5.11 Å². The van der Waals surface area contributed by atoms with Crippen LogP contribution in [-0.2, 0) is 4.79 Å². The van der Waals surface area contributed by atoms with E-state index in [9.17, 15) is 14.3 Å². The van der Waals surface area contributed by atoms with Gasteiger partial charge in [0.1, 0.15) is 5.82 Å². The van der Waals surface area contributed by atoms with Crippen molar-refractivity contribution in [2.24, 2.45) is 5.41 Å². The van der Waals surface area contributed by atoms with Crippen LogP contribution in [0.25, 0.3) is 0 Å². The van der Waals surface area contributed by atoms with Crippen molar-refractivity contribution in [3.05, 3.63) is 47.3 Å². The Balaban J connectivity index is 2.51. The molecule has 0 saturated heterocycles. The number of benzene rings is 1.